The summed E-state index contributed by atoms with van der Waals surface area (Å²) in [6.07, 6.45) is 0. The lowest BCUT2D eigenvalue weighted by atomic mass is 10.1. The molecule has 0 bridgehead atoms. The number of sulfonamides is 1. The lowest BCUT2D eigenvalue weighted by molar-refractivity contribution is 0.548. The fourth-order valence-electron chi connectivity index (χ4n) is 2.32. The minimum atomic E-state index is -3.72. The maximum Gasteiger partial charge on any atom is 0.261 e. The minimum absolute atomic E-state index is 0.189. The molecule has 0 spiro atoms. The Hall–Kier alpha value is -2.24. The van der Waals surface area contributed by atoms with Gasteiger partial charge < -0.3 is 4.42 Å². The fraction of sp³-hybridized carbons (Fsp3) is 0.111. The average Bonchev–Trinajstić information content (AvgIpc) is 2.94. The predicted octanol–water partition coefficient (Wildman–Crippen LogP) is 5.02. The molecule has 0 aliphatic carbocycles. The van der Waals surface area contributed by atoms with E-state index in [-0.39, 0.29) is 4.90 Å². The Morgan fingerprint density at radius 1 is 0.958 bits per heavy atom. The summed E-state index contributed by atoms with van der Waals surface area (Å²) < 4.78 is 33.5. The summed E-state index contributed by atoms with van der Waals surface area (Å²) in [5.41, 5.74) is 1.99. The van der Waals surface area contributed by atoms with Gasteiger partial charge in [0.05, 0.1) is 10.6 Å². The molecule has 2 aromatic carbocycles. The highest BCUT2D eigenvalue weighted by atomic mass is 35.5. The van der Waals surface area contributed by atoms with Crippen molar-refractivity contribution >= 4 is 27.3 Å². The molecule has 24 heavy (non-hydrogen) atoms. The van der Waals surface area contributed by atoms with Crippen molar-refractivity contribution in [3.63, 3.8) is 0 Å². The molecule has 1 N–H and O–H groups in total. The number of hydrogen-bond donors (Lipinski definition) is 1. The van der Waals surface area contributed by atoms with Gasteiger partial charge in [-0.2, -0.15) is 0 Å². The fourth-order valence-corrected chi connectivity index (χ4v) is 3.56. The molecule has 124 valence electrons. The summed E-state index contributed by atoms with van der Waals surface area (Å²) in [6, 6.07) is 15.3. The van der Waals surface area contributed by atoms with Crippen LogP contribution < -0.4 is 4.72 Å². The van der Waals surface area contributed by atoms with E-state index in [2.05, 4.69) is 4.72 Å². The molecule has 0 aliphatic heterocycles. The van der Waals surface area contributed by atoms with Crippen LogP contribution in [0.5, 0.6) is 0 Å². The molecule has 1 aromatic heterocycles. The Morgan fingerprint density at radius 2 is 1.67 bits per heavy atom. The number of benzene rings is 2. The second kappa shape index (κ2) is 6.34. The predicted molar refractivity (Wildman–Crippen MR) is 95.9 cm³/mol. The summed E-state index contributed by atoms with van der Waals surface area (Å²) in [5.74, 6) is 1.32. The van der Waals surface area contributed by atoms with Gasteiger partial charge in [0.2, 0.25) is 0 Å². The molecule has 0 unspecified atom stereocenters. The molecule has 4 nitrogen and oxygen atoms in total. The Balaban J connectivity index is 2.03. The van der Waals surface area contributed by atoms with E-state index in [4.69, 9.17) is 16.0 Å². The summed E-state index contributed by atoms with van der Waals surface area (Å²) in [6.45, 7) is 3.73. The Morgan fingerprint density at radius 3 is 2.29 bits per heavy atom. The number of aryl methyl sites for hydroxylation is 2. The topological polar surface area (TPSA) is 59.3 Å². The highest BCUT2D eigenvalue weighted by molar-refractivity contribution is 7.92. The van der Waals surface area contributed by atoms with Gasteiger partial charge in [0.1, 0.15) is 11.5 Å². The van der Waals surface area contributed by atoms with Gasteiger partial charge in [-0.25, -0.2) is 8.42 Å². The van der Waals surface area contributed by atoms with Gasteiger partial charge in [0.15, 0.2) is 0 Å². The maximum absolute atomic E-state index is 12.6. The zero-order valence-electron chi connectivity index (χ0n) is 13.2. The highest BCUT2D eigenvalue weighted by Gasteiger charge is 2.18. The number of hydrogen-bond acceptors (Lipinski definition) is 3. The first-order valence-corrected chi connectivity index (χ1v) is 9.17. The van der Waals surface area contributed by atoms with Crippen molar-refractivity contribution in [1.29, 1.82) is 0 Å². The molecular formula is C18H16ClNO3S. The van der Waals surface area contributed by atoms with E-state index in [1.807, 2.05) is 19.9 Å². The van der Waals surface area contributed by atoms with Gasteiger partial charge in [0.25, 0.3) is 10.0 Å². The lowest BCUT2D eigenvalue weighted by Crippen LogP contribution is -2.13. The molecule has 6 heteroatoms. The van der Waals surface area contributed by atoms with Crippen LogP contribution in [-0.4, -0.2) is 8.42 Å². The van der Waals surface area contributed by atoms with Crippen molar-refractivity contribution in [3.05, 3.63) is 70.9 Å². The summed E-state index contributed by atoms with van der Waals surface area (Å²) in [7, 11) is -3.72. The second-order valence-electron chi connectivity index (χ2n) is 5.52. The first kappa shape index (κ1) is 16.6. The molecule has 0 atom stereocenters. The zero-order chi connectivity index (χ0) is 17.3. The van der Waals surface area contributed by atoms with Gasteiger partial charge in [0, 0.05) is 10.6 Å². The summed E-state index contributed by atoms with van der Waals surface area (Å²) in [5, 5.41) is 0.434. The molecule has 3 aromatic rings. The molecule has 0 saturated carbocycles. The van der Waals surface area contributed by atoms with Crippen LogP contribution in [0.3, 0.4) is 0 Å². The zero-order valence-corrected chi connectivity index (χ0v) is 14.8. The Kier molecular flexibility index (Phi) is 4.39. The molecule has 3 rings (SSSR count). The van der Waals surface area contributed by atoms with E-state index >= 15 is 0 Å². The number of halogens is 1. The molecular weight excluding hydrogens is 346 g/mol. The maximum atomic E-state index is 12.6. The van der Waals surface area contributed by atoms with E-state index in [1.165, 1.54) is 0 Å². The molecule has 0 amide bonds. The number of nitrogens with one attached hydrogen (secondary N) is 1. The van der Waals surface area contributed by atoms with Crippen molar-refractivity contribution < 1.29 is 12.8 Å². The van der Waals surface area contributed by atoms with Crippen LogP contribution in [0.15, 0.2) is 63.9 Å². The normalized spacial score (nSPS) is 11.5. The third-order valence-electron chi connectivity index (χ3n) is 3.56. The Labute approximate surface area is 146 Å². The standard InChI is InChI=1S/C18H16ClNO3S/c1-12-3-7-15(8-4-12)24(21,22)20-17-11-14(19)6-9-16(17)18-10-5-13(2)23-18/h3-11,20H,1-2H3. The number of rotatable bonds is 4. The van der Waals surface area contributed by atoms with E-state index in [0.29, 0.717) is 22.0 Å². The van der Waals surface area contributed by atoms with Gasteiger partial charge >= 0.3 is 0 Å². The summed E-state index contributed by atoms with van der Waals surface area (Å²) in [4.78, 5) is 0.189. The number of furan rings is 1. The van der Waals surface area contributed by atoms with Crippen LogP contribution in [0.2, 0.25) is 5.02 Å². The summed E-state index contributed by atoms with van der Waals surface area (Å²) >= 11 is 6.04. The van der Waals surface area contributed by atoms with E-state index in [1.54, 1.807) is 48.5 Å². The highest BCUT2D eigenvalue weighted by Crippen LogP contribution is 2.33. The van der Waals surface area contributed by atoms with Crippen LogP contribution >= 0.6 is 11.6 Å². The van der Waals surface area contributed by atoms with E-state index in [9.17, 15) is 8.42 Å². The van der Waals surface area contributed by atoms with Crippen molar-refractivity contribution in [3.8, 4) is 11.3 Å². The van der Waals surface area contributed by atoms with Gasteiger partial charge in [-0.15, -0.1) is 0 Å². The number of anilines is 1. The van der Waals surface area contributed by atoms with Gasteiger partial charge in [-0.05, 0) is 56.3 Å². The van der Waals surface area contributed by atoms with Crippen molar-refractivity contribution in [1.82, 2.24) is 0 Å². The van der Waals surface area contributed by atoms with Crippen LogP contribution in [0.25, 0.3) is 11.3 Å². The first-order chi connectivity index (χ1) is 11.3. The van der Waals surface area contributed by atoms with Crippen LogP contribution in [0.4, 0.5) is 5.69 Å². The van der Waals surface area contributed by atoms with E-state index < -0.39 is 10.0 Å². The largest absolute Gasteiger partial charge is 0.461 e. The molecule has 0 radical (unpaired) electrons. The lowest BCUT2D eigenvalue weighted by Gasteiger charge is -2.12. The van der Waals surface area contributed by atoms with Crippen LogP contribution in [-0.2, 0) is 10.0 Å². The SMILES string of the molecule is Cc1ccc(S(=O)(=O)Nc2cc(Cl)ccc2-c2ccc(C)o2)cc1. The van der Waals surface area contributed by atoms with Gasteiger partial charge in [-0.3, -0.25) is 4.72 Å². The third-order valence-corrected chi connectivity index (χ3v) is 5.18. The smallest absolute Gasteiger partial charge is 0.261 e. The van der Waals surface area contributed by atoms with Crippen molar-refractivity contribution in [2.24, 2.45) is 0 Å². The Bertz CT molecular complexity index is 976. The first-order valence-electron chi connectivity index (χ1n) is 7.31. The average molecular weight is 362 g/mol. The van der Waals surface area contributed by atoms with Crippen molar-refractivity contribution in [2.75, 3.05) is 4.72 Å². The molecule has 0 aliphatic rings. The second-order valence-corrected chi connectivity index (χ2v) is 7.64. The quantitative estimate of drug-likeness (QED) is 0.709. The minimum Gasteiger partial charge on any atom is -0.461 e. The van der Waals surface area contributed by atoms with Gasteiger partial charge in [-0.1, -0.05) is 29.3 Å². The van der Waals surface area contributed by atoms with Crippen molar-refractivity contribution in [2.45, 2.75) is 18.7 Å². The molecule has 0 fully saturated rings. The molecule has 0 saturated heterocycles. The van der Waals surface area contributed by atoms with Crippen LogP contribution in [0, 0.1) is 13.8 Å². The monoisotopic (exact) mass is 361 g/mol. The van der Waals surface area contributed by atoms with Crippen LogP contribution in [0.1, 0.15) is 11.3 Å². The third kappa shape index (κ3) is 3.47. The van der Waals surface area contributed by atoms with E-state index in [0.717, 1.165) is 11.3 Å². The molecule has 1 heterocycles.